The maximum absolute atomic E-state index is 13.1. The van der Waals surface area contributed by atoms with E-state index in [0.29, 0.717) is 11.4 Å². The van der Waals surface area contributed by atoms with Crippen LogP contribution in [0, 0.1) is 0 Å². The van der Waals surface area contributed by atoms with Gasteiger partial charge in [-0.15, -0.1) is 0 Å². The Kier molecular flexibility index (Phi) is 5.67. The largest absolute Gasteiger partial charge is 0.467 e. The third-order valence-corrected chi connectivity index (χ3v) is 5.27. The summed E-state index contributed by atoms with van der Waals surface area (Å²) in [6.07, 6.45) is 1.42. The van der Waals surface area contributed by atoms with Gasteiger partial charge in [0.05, 0.1) is 30.7 Å². The molecule has 0 radical (unpaired) electrons. The van der Waals surface area contributed by atoms with Crippen molar-refractivity contribution in [1.82, 2.24) is 15.5 Å². The molecule has 2 aromatic rings. The summed E-state index contributed by atoms with van der Waals surface area (Å²) >= 11 is 0. The molecule has 2 N–H and O–H groups in total. The minimum Gasteiger partial charge on any atom is -0.467 e. The van der Waals surface area contributed by atoms with Gasteiger partial charge in [0.15, 0.2) is 0 Å². The first-order chi connectivity index (χ1) is 15.4. The molecule has 0 unspecified atom stereocenters. The fraction of sp³-hybridized carbons (Fsp3) is 0.273. The Hall–Kier alpha value is -4.08. The average molecular weight is 438 g/mol. The number of ether oxygens (including phenoxy) is 1. The fourth-order valence-electron chi connectivity index (χ4n) is 3.81. The zero-order valence-corrected chi connectivity index (χ0v) is 17.5. The Bertz CT molecular complexity index is 1080. The lowest BCUT2D eigenvalue weighted by Gasteiger charge is -2.29. The molecular formula is C22H22N4O6. The Morgan fingerprint density at radius 2 is 1.88 bits per heavy atom. The van der Waals surface area contributed by atoms with Gasteiger partial charge in [0.25, 0.3) is 5.91 Å². The first-order valence-electron chi connectivity index (χ1n) is 10.1. The molecule has 2 aliphatic heterocycles. The molecule has 166 valence electrons. The van der Waals surface area contributed by atoms with E-state index in [-0.39, 0.29) is 24.4 Å². The number of rotatable bonds is 6. The Morgan fingerprint density at radius 1 is 1.12 bits per heavy atom. The Morgan fingerprint density at radius 3 is 2.53 bits per heavy atom. The average Bonchev–Trinajstić information content (AvgIpc) is 3.38. The van der Waals surface area contributed by atoms with E-state index in [1.165, 1.54) is 11.2 Å². The number of nitrogens with zero attached hydrogens (tertiary/aromatic N) is 2. The smallest absolute Gasteiger partial charge is 0.338 e. The van der Waals surface area contributed by atoms with E-state index < -0.39 is 36.0 Å². The van der Waals surface area contributed by atoms with Gasteiger partial charge in [-0.25, -0.2) is 14.4 Å². The van der Waals surface area contributed by atoms with Crippen molar-refractivity contribution in [1.29, 1.82) is 0 Å². The van der Waals surface area contributed by atoms with Crippen LogP contribution in [0.4, 0.5) is 15.3 Å². The van der Waals surface area contributed by atoms with Crippen LogP contribution < -0.4 is 15.5 Å². The molecule has 1 saturated heterocycles. The number of carbonyl (C=O) groups is 4. The number of amides is 5. The molecule has 0 aliphatic carbocycles. The first-order valence-corrected chi connectivity index (χ1v) is 10.1. The van der Waals surface area contributed by atoms with Crippen molar-refractivity contribution in [2.24, 2.45) is 0 Å². The molecule has 4 rings (SSSR count). The van der Waals surface area contributed by atoms with Crippen LogP contribution in [0.5, 0.6) is 0 Å². The maximum atomic E-state index is 13.1. The van der Waals surface area contributed by atoms with E-state index in [0.717, 1.165) is 4.90 Å². The number of anilines is 1. The molecule has 0 bridgehead atoms. The summed E-state index contributed by atoms with van der Waals surface area (Å²) in [5.74, 6) is -0.820. The highest BCUT2D eigenvalue weighted by Crippen LogP contribution is 2.31. The number of hydrogen-bond donors (Lipinski definition) is 2. The zero-order valence-electron chi connectivity index (χ0n) is 17.5. The number of furan rings is 1. The summed E-state index contributed by atoms with van der Waals surface area (Å²) in [5.41, 5.74) is 0.730. The molecule has 1 aromatic heterocycles. The summed E-state index contributed by atoms with van der Waals surface area (Å²) in [4.78, 5) is 53.6. The van der Waals surface area contributed by atoms with Crippen molar-refractivity contribution >= 4 is 29.6 Å². The summed E-state index contributed by atoms with van der Waals surface area (Å²) in [5, 5.41) is 5.19. The molecule has 5 amide bonds. The van der Waals surface area contributed by atoms with Crippen LogP contribution >= 0.6 is 0 Å². The van der Waals surface area contributed by atoms with Gasteiger partial charge in [0.1, 0.15) is 17.8 Å². The number of imide groups is 1. The molecule has 2 atom stereocenters. The molecule has 10 heteroatoms. The lowest BCUT2D eigenvalue weighted by molar-refractivity contribution is -0.139. The van der Waals surface area contributed by atoms with Crippen LogP contribution in [0.15, 0.2) is 64.4 Å². The van der Waals surface area contributed by atoms with Crippen LogP contribution in [0.1, 0.15) is 25.6 Å². The van der Waals surface area contributed by atoms with Crippen molar-refractivity contribution in [2.75, 3.05) is 18.1 Å². The van der Waals surface area contributed by atoms with Gasteiger partial charge in [-0.2, -0.15) is 0 Å². The van der Waals surface area contributed by atoms with E-state index in [1.54, 1.807) is 50.2 Å². The molecule has 0 spiro atoms. The van der Waals surface area contributed by atoms with Gasteiger partial charge in [-0.1, -0.05) is 18.2 Å². The highest BCUT2D eigenvalue weighted by Gasteiger charge is 2.45. The van der Waals surface area contributed by atoms with Crippen molar-refractivity contribution in [2.45, 2.75) is 25.9 Å². The van der Waals surface area contributed by atoms with Gasteiger partial charge in [-0.05, 0) is 38.1 Å². The number of nitrogens with one attached hydrogen (secondary N) is 2. The Balaban J connectivity index is 1.72. The molecule has 2 aliphatic rings. The van der Waals surface area contributed by atoms with Gasteiger partial charge < -0.3 is 19.8 Å². The van der Waals surface area contributed by atoms with Crippen molar-refractivity contribution in [3.05, 3.63) is 65.8 Å². The molecule has 1 fully saturated rings. The van der Waals surface area contributed by atoms with Gasteiger partial charge in [0, 0.05) is 5.69 Å². The maximum Gasteiger partial charge on any atom is 0.338 e. The monoisotopic (exact) mass is 438 g/mol. The number of benzene rings is 1. The van der Waals surface area contributed by atoms with E-state index >= 15 is 0 Å². The van der Waals surface area contributed by atoms with E-state index in [2.05, 4.69) is 10.6 Å². The highest BCUT2D eigenvalue weighted by atomic mass is 16.5. The minimum atomic E-state index is -0.928. The normalized spacial score (nSPS) is 21.0. The number of para-hydroxylation sites is 1. The zero-order chi connectivity index (χ0) is 22.8. The standard InChI is InChI=1S/C22H22N4O6/c1-3-31-20(28)17-15(23-21(29)24-18(17)16-10-7-11-32-16)12-25-19(27)13(2)26(22(25)30)14-8-5-4-6-9-14/h4-11,13,18H,3,12H2,1-2H3,(H2,23,24,29)/t13-,18+/m1/s1. The molecule has 0 saturated carbocycles. The minimum absolute atomic E-state index is 0.0628. The second-order valence-electron chi connectivity index (χ2n) is 7.25. The summed E-state index contributed by atoms with van der Waals surface area (Å²) < 4.78 is 10.6. The predicted molar refractivity (Wildman–Crippen MR) is 112 cm³/mol. The van der Waals surface area contributed by atoms with E-state index in [1.807, 2.05) is 6.07 Å². The van der Waals surface area contributed by atoms with Crippen LogP contribution in [0.2, 0.25) is 0 Å². The van der Waals surface area contributed by atoms with Crippen LogP contribution in [-0.4, -0.2) is 48.0 Å². The summed E-state index contributed by atoms with van der Waals surface area (Å²) in [7, 11) is 0. The number of urea groups is 2. The second-order valence-corrected chi connectivity index (χ2v) is 7.25. The molecule has 10 nitrogen and oxygen atoms in total. The predicted octanol–water partition coefficient (Wildman–Crippen LogP) is 2.31. The van der Waals surface area contributed by atoms with Crippen LogP contribution in [-0.2, 0) is 14.3 Å². The topological polar surface area (TPSA) is 121 Å². The van der Waals surface area contributed by atoms with Crippen LogP contribution in [0.25, 0.3) is 0 Å². The van der Waals surface area contributed by atoms with E-state index in [4.69, 9.17) is 9.15 Å². The third kappa shape index (κ3) is 3.70. The highest BCUT2D eigenvalue weighted by molar-refractivity contribution is 6.14. The number of hydrogen-bond acceptors (Lipinski definition) is 6. The van der Waals surface area contributed by atoms with Gasteiger partial charge in [0.2, 0.25) is 0 Å². The number of esters is 1. The van der Waals surface area contributed by atoms with E-state index in [9.17, 15) is 19.2 Å². The van der Waals surface area contributed by atoms with Crippen molar-refractivity contribution in [3.8, 4) is 0 Å². The second kappa shape index (κ2) is 8.58. The van der Waals surface area contributed by atoms with Gasteiger partial charge in [-0.3, -0.25) is 14.6 Å². The number of carbonyl (C=O) groups excluding carboxylic acids is 4. The fourth-order valence-corrected chi connectivity index (χ4v) is 3.81. The lowest BCUT2D eigenvalue weighted by Crippen LogP contribution is -2.49. The summed E-state index contributed by atoms with van der Waals surface area (Å²) in [6.45, 7) is 3.08. The Labute approximate surface area is 183 Å². The SMILES string of the molecule is CCOC(=O)C1=C(CN2C(=O)[C@@H](C)N(c3ccccc3)C2=O)NC(=O)N[C@H]1c1ccco1. The summed E-state index contributed by atoms with van der Waals surface area (Å²) in [6, 6.07) is 9.23. The third-order valence-electron chi connectivity index (χ3n) is 5.27. The molecule has 32 heavy (non-hydrogen) atoms. The van der Waals surface area contributed by atoms with Crippen LogP contribution in [0.3, 0.4) is 0 Å². The molecular weight excluding hydrogens is 416 g/mol. The first kappa shape index (κ1) is 21.2. The molecule has 3 heterocycles. The molecule has 1 aromatic carbocycles. The van der Waals surface area contributed by atoms with Gasteiger partial charge >= 0.3 is 18.0 Å². The van der Waals surface area contributed by atoms with Crippen molar-refractivity contribution in [3.63, 3.8) is 0 Å². The van der Waals surface area contributed by atoms with Crippen molar-refractivity contribution < 1.29 is 28.3 Å². The lowest BCUT2D eigenvalue weighted by atomic mass is 10.00. The quantitative estimate of drug-likeness (QED) is 0.527.